The maximum absolute atomic E-state index is 12.1. The minimum absolute atomic E-state index is 0.0613. The van der Waals surface area contributed by atoms with Gasteiger partial charge in [0.05, 0.1) is 0 Å². The van der Waals surface area contributed by atoms with Gasteiger partial charge in [0.2, 0.25) is 0 Å². The molecule has 5 nitrogen and oxygen atoms in total. The number of benzene rings is 3. The van der Waals surface area contributed by atoms with Gasteiger partial charge in [0, 0.05) is 12.6 Å². The number of nitrogens with zero attached hydrogens (tertiary/aromatic N) is 1. The van der Waals surface area contributed by atoms with Gasteiger partial charge in [-0.2, -0.15) is 0 Å². The first-order valence-electron chi connectivity index (χ1n) is 7.96. The van der Waals surface area contributed by atoms with Gasteiger partial charge in [0.25, 0.3) is 5.91 Å². The third kappa shape index (κ3) is 3.30. The van der Waals surface area contributed by atoms with E-state index in [4.69, 9.17) is 9.15 Å². The summed E-state index contributed by atoms with van der Waals surface area (Å²) in [4.78, 5) is 16.4. The van der Waals surface area contributed by atoms with Crippen molar-refractivity contribution in [1.29, 1.82) is 0 Å². The molecule has 3 aromatic carbocycles. The highest BCUT2D eigenvalue weighted by Gasteiger charge is 2.07. The van der Waals surface area contributed by atoms with Crippen molar-refractivity contribution in [2.75, 3.05) is 11.9 Å². The Morgan fingerprint density at radius 3 is 2.80 bits per heavy atom. The summed E-state index contributed by atoms with van der Waals surface area (Å²) in [6, 6.07) is 19.1. The molecular weight excluding hydrogens is 316 g/mol. The van der Waals surface area contributed by atoms with Crippen molar-refractivity contribution in [2.24, 2.45) is 0 Å². The quantitative estimate of drug-likeness (QED) is 0.605. The molecule has 4 aromatic rings. The molecule has 124 valence electrons. The first-order chi connectivity index (χ1) is 12.2. The Labute approximate surface area is 144 Å². The molecule has 0 aliphatic carbocycles. The summed E-state index contributed by atoms with van der Waals surface area (Å²) < 4.78 is 11.0. The van der Waals surface area contributed by atoms with E-state index in [2.05, 4.69) is 10.3 Å². The smallest absolute Gasteiger partial charge is 0.262 e. The molecule has 0 saturated heterocycles. The minimum Gasteiger partial charge on any atom is -0.484 e. The molecule has 0 bridgehead atoms. The van der Waals surface area contributed by atoms with Crippen LogP contribution in [0.3, 0.4) is 0 Å². The molecule has 0 radical (unpaired) electrons. The molecule has 4 rings (SSSR count). The van der Waals surface area contributed by atoms with Gasteiger partial charge in [-0.15, -0.1) is 0 Å². The van der Waals surface area contributed by atoms with E-state index >= 15 is 0 Å². The van der Waals surface area contributed by atoms with Crippen LogP contribution < -0.4 is 10.1 Å². The molecule has 25 heavy (non-hydrogen) atoms. The van der Waals surface area contributed by atoms with E-state index in [1.165, 1.54) is 0 Å². The molecule has 0 aliphatic rings. The van der Waals surface area contributed by atoms with Crippen LogP contribution in [0.5, 0.6) is 5.75 Å². The molecular formula is C20H16N2O3. The number of nitrogens with one attached hydrogen (secondary N) is 1. The van der Waals surface area contributed by atoms with Crippen LogP contribution in [-0.2, 0) is 4.79 Å². The van der Waals surface area contributed by atoms with Crippen LogP contribution in [0, 0.1) is 6.92 Å². The van der Waals surface area contributed by atoms with Crippen molar-refractivity contribution in [1.82, 2.24) is 4.98 Å². The molecule has 1 N–H and O–H groups in total. The number of carbonyl (C=O) groups excluding carboxylic acids is 1. The number of aromatic nitrogens is 1. The van der Waals surface area contributed by atoms with Crippen molar-refractivity contribution in [3.8, 4) is 5.75 Å². The van der Waals surface area contributed by atoms with E-state index in [1.807, 2.05) is 42.5 Å². The van der Waals surface area contributed by atoms with Gasteiger partial charge in [-0.3, -0.25) is 4.79 Å². The van der Waals surface area contributed by atoms with Crippen molar-refractivity contribution >= 4 is 33.5 Å². The lowest BCUT2D eigenvalue weighted by molar-refractivity contribution is -0.118. The number of hydrogen-bond acceptors (Lipinski definition) is 4. The summed E-state index contributed by atoms with van der Waals surface area (Å²) >= 11 is 0. The van der Waals surface area contributed by atoms with Crippen LogP contribution in [0.25, 0.3) is 21.9 Å². The van der Waals surface area contributed by atoms with E-state index in [0.717, 1.165) is 10.8 Å². The summed E-state index contributed by atoms with van der Waals surface area (Å²) in [7, 11) is 0. The molecule has 0 saturated carbocycles. The van der Waals surface area contributed by atoms with E-state index < -0.39 is 0 Å². The Kier molecular flexibility index (Phi) is 3.82. The van der Waals surface area contributed by atoms with Crippen molar-refractivity contribution in [2.45, 2.75) is 6.92 Å². The summed E-state index contributed by atoms with van der Waals surface area (Å²) in [5, 5.41) is 5.02. The molecule has 1 amide bonds. The lowest BCUT2D eigenvalue weighted by Crippen LogP contribution is -2.20. The third-order valence-corrected chi connectivity index (χ3v) is 3.87. The van der Waals surface area contributed by atoms with Crippen LogP contribution >= 0.6 is 0 Å². The number of oxazole rings is 1. The third-order valence-electron chi connectivity index (χ3n) is 3.87. The Balaban J connectivity index is 1.42. The number of rotatable bonds is 4. The second kappa shape index (κ2) is 6.28. The van der Waals surface area contributed by atoms with Crippen LogP contribution in [0.1, 0.15) is 5.89 Å². The molecule has 1 aromatic heterocycles. The lowest BCUT2D eigenvalue weighted by atomic mass is 10.1. The average Bonchev–Trinajstić information content (AvgIpc) is 2.99. The van der Waals surface area contributed by atoms with Crippen LogP contribution in [0.2, 0.25) is 0 Å². The summed E-state index contributed by atoms with van der Waals surface area (Å²) in [5.74, 6) is 1.03. The first-order valence-corrected chi connectivity index (χ1v) is 7.96. The fourth-order valence-corrected chi connectivity index (χ4v) is 2.72. The topological polar surface area (TPSA) is 64.4 Å². The standard InChI is InChI=1S/C20H16N2O3/c1-13-21-18-11-16(7-9-19(18)25-13)22-20(23)12-24-17-8-6-14-4-2-3-5-15(14)10-17/h2-11H,12H2,1H3,(H,22,23). The lowest BCUT2D eigenvalue weighted by Gasteiger charge is -2.08. The fraction of sp³-hybridized carbons (Fsp3) is 0.100. The molecule has 0 spiro atoms. The van der Waals surface area contributed by atoms with Gasteiger partial charge in [-0.1, -0.05) is 30.3 Å². The monoisotopic (exact) mass is 332 g/mol. The van der Waals surface area contributed by atoms with Crippen molar-refractivity contribution < 1.29 is 13.9 Å². The van der Waals surface area contributed by atoms with Gasteiger partial charge in [-0.25, -0.2) is 4.98 Å². The highest BCUT2D eigenvalue weighted by atomic mass is 16.5. The molecule has 0 atom stereocenters. The van der Waals surface area contributed by atoms with E-state index in [-0.39, 0.29) is 12.5 Å². The fourth-order valence-electron chi connectivity index (χ4n) is 2.72. The highest BCUT2D eigenvalue weighted by Crippen LogP contribution is 2.21. The van der Waals surface area contributed by atoms with Gasteiger partial charge in [0.1, 0.15) is 11.3 Å². The van der Waals surface area contributed by atoms with Crippen molar-refractivity contribution in [3.63, 3.8) is 0 Å². The largest absolute Gasteiger partial charge is 0.484 e. The van der Waals surface area contributed by atoms with Gasteiger partial charge >= 0.3 is 0 Å². The predicted molar refractivity (Wildman–Crippen MR) is 96.8 cm³/mol. The normalized spacial score (nSPS) is 10.9. The zero-order valence-corrected chi connectivity index (χ0v) is 13.7. The van der Waals surface area contributed by atoms with E-state index in [1.54, 1.807) is 25.1 Å². The Morgan fingerprint density at radius 2 is 1.92 bits per heavy atom. The number of fused-ring (bicyclic) bond motifs is 2. The zero-order chi connectivity index (χ0) is 17.2. The molecule has 5 heteroatoms. The molecule has 0 unspecified atom stereocenters. The first kappa shape index (κ1) is 15.2. The van der Waals surface area contributed by atoms with Crippen LogP contribution in [-0.4, -0.2) is 17.5 Å². The maximum Gasteiger partial charge on any atom is 0.262 e. The van der Waals surface area contributed by atoms with Gasteiger partial charge in [0.15, 0.2) is 18.1 Å². The van der Waals surface area contributed by atoms with E-state index in [9.17, 15) is 4.79 Å². The van der Waals surface area contributed by atoms with Gasteiger partial charge in [-0.05, 0) is 41.1 Å². The number of aryl methyl sites for hydroxylation is 1. The molecule has 1 heterocycles. The Morgan fingerprint density at radius 1 is 1.08 bits per heavy atom. The number of carbonyl (C=O) groups is 1. The predicted octanol–water partition coefficient (Wildman–Crippen LogP) is 4.31. The number of amides is 1. The van der Waals surface area contributed by atoms with E-state index in [0.29, 0.717) is 28.4 Å². The van der Waals surface area contributed by atoms with Crippen LogP contribution in [0.15, 0.2) is 65.1 Å². The second-order valence-corrected chi connectivity index (χ2v) is 5.76. The van der Waals surface area contributed by atoms with Crippen molar-refractivity contribution in [3.05, 3.63) is 66.6 Å². The summed E-state index contributed by atoms with van der Waals surface area (Å²) in [5.41, 5.74) is 2.07. The minimum atomic E-state index is -0.229. The summed E-state index contributed by atoms with van der Waals surface area (Å²) in [6.45, 7) is 1.73. The highest BCUT2D eigenvalue weighted by molar-refractivity contribution is 5.93. The number of hydrogen-bond donors (Lipinski definition) is 1. The summed E-state index contributed by atoms with van der Waals surface area (Å²) in [6.07, 6.45) is 0. The number of anilines is 1. The van der Waals surface area contributed by atoms with Crippen LogP contribution in [0.4, 0.5) is 5.69 Å². The Bertz CT molecular complexity index is 1070. The second-order valence-electron chi connectivity index (χ2n) is 5.76. The SMILES string of the molecule is Cc1nc2cc(NC(=O)COc3ccc4ccccc4c3)ccc2o1. The molecule has 0 aliphatic heterocycles. The zero-order valence-electron chi connectivity index (χ0n) is 13.7. The van der Waals surface area contributed by atoms with Gasteiger partial charge < -0.3 is 14.5 Å². The number of ether oxygens (including phenoxy) is 1. The molecule has 0 fully saturated rings. The maximum atomic E-state index is 12.1. The Hall–Kier alpha value is -3.34. The average molecular weight is 332 g/mol.